The van der Waals surface area contributed by atoms with Crippen molar-refractivity contribution in [1.29, 1.82) is 0 Å². The summed E-state index contributed by atoms with van der Waals surface area (Å²) in [5.74, 6) is -2.95. The maximum atomic E-state index is 12.3. The van der Waals surface area contributed by atoms with Crippen molar-refractivity contribution in [3.8, 4) is 0 Å². The fourth-order valence-electron chi connectivity index (χ4n) is 2.27. The molecule has 5 nitrogen and oxygen atoms in total. The molecule has 0 atom stereocenters. The number of aromatic amines is 1. The van der Waals surface area contributed by atoms with E-state index in [1.54, 1.807) is 6.20 Å². The number of hydrogen-bond acceptors (Lipinski definition) is 2. The van der Waals surface area contributed by atoms with Gasteiger partial charge in [0.25, 0.3) is 0 Å². The number of carboxylic acid groups (broad SMARTS) is 2. The minimum Gasteiger partial charge on any atom is -0.478 e. The number of aromatic carboxylic acids is 2. The largest absolute Gasteiger partial charge is 0.478 e. The smallest absolute Gasteiger partial charge is 0.417 e. The van der Waals surface area contributed by atoms with Crippen LogP contribution in [-0.4, -0.2) is 27.1 Å². The molecular formula is C17H15F6NO4. The van der Waals surface area contributed by atoms with Crippen molar-refractivity contribution in [2.24, 2.45) is 0 Å². The molecule has 0 radical (unpaired) electrons. The van der Waals surface area contributed by atoms with Crippen LogP contribution in [0.3, 0.4) is 0 Å². The summed E-state index contributed by atoms with van der Waals surface area (Å²) in [4.78, 5) is 23.7. The number of carbonyl (C=O) groups is 2. The number of H-pyrrole nitrogens is 1. The molecule has 1 heterocycles. The second kappa shape index (κ2) is 8.36. The Bertz CT molecular complexity index is 868. The molecule has 2 aromatic rings. The highest BCUT2D eigenvalue weighted by molar-refractivity contribution is 5.90. The van der Waals surface area contributed by atoms with Gasteiger partial charge < -0.3 is 15.2 Å². The van der Waals surface area contributed by atoms with Gasteiger partial charge in [-0.3, -0.25) is 0 Å². The van der Waals surface area contributed by atoms with Crippen LogP contribution in [0.15, 0.2) is 24.4 Å². The molecule has 11 heteroatoms. The van der Waals surface area contributed by atoms with Gasteiger partial charge in [0.1, 0.15) is 5.69 Å². The number of carboxylic acids is 2. The molecule has 0 aliphatic heterocycles. The van der Waals surface area contributed by atoms with Gasteiger partial charge in [-0.15, -0.1) is 0 Å². The first-order chi connectivity index (χ1) is 12.7. The zero-order chi connectivity index (χ0) is 21.9. The molecule has 0 fully saturated rings. The molecule has 0 saturated carbocycles. The van der Waals surface area contributed by atoms with Crippen molar-refractivity contribution >= 4 is 11.9 Å². The molecule has 2 rings (SSSR count). The van der Waals surface area contributed by atoms with Gasteiger partial charge in [-0.25, -0.2) is 9.59 Å². The summed E-state index contributed by atoms with van der Waals surface area (Å²) in [5, 5.41) is 17.1. The molecule has 0 bridgehead atoms. The van der Waals surface area contributed by atoms with Crippen LogP contribution in [0.5, 0.6) is 0 Å². The molecule has 0 spiro atoms. The molecule has 28 heavy (non-hydrogen) atoms. The van der Waals surface area contributed by atoms with Gasteiger partial charge in [0.05, 0.1) is 16.7 Å². The second-order valence-corrected chi connectivity index (χ2v) is 5.53. The molecule has 0 unspecified atom stereocenters. The molecule has 3 N–H and O–H groups in total. The fraction of sp³-hybridized carbons (Fsp3) is 0.294. The number of aryl methyl sites for hydroxylation is 1. The third kappa shape index (κ3) is 5.51. The zero-order valence-electron chi connectivity index (χ0n) is 14.5. The van der Waals surface area contributed by atoms with Crippen LogP contribution in [0.4, 0.5) is 26.3 Å². The average molecular weight is 411 g/mol. The lowest BCUT2D eigenvalue weighted by molar-refractivity contribution is -0.141. The molecule has 0 amide bonds. The van der Waals surface area contributed by atoms with Crippen LogP contribution in [0.1, 0.15) is 50.0 Å². The number of rotatable bonds is 3. The van der Waals surface area contributed by atoms with Gasteiger partial charge >= 0.3 is 24.3 Å². The summed E-state index contributed by atoms with van der Waals surface area (Å²) >= 11 is 0. The van der Waals surface area contributed by atoms with Crippen LogP contribution in [0, 0.1) is 6.92 Å². The maximum Gasteiger partial charge on any atom is 0.417 e. The Morgan fingerprint density at radius 2 is 1.57 bits per heavy atom. The molecule has 0 aliphatic rings. The van der Waals surface area contributed by atoms with Gasteiger partial charge in [-0.1, -0.05) is 6.92 Å². The Hall–Kier alpha value is -2.98. The minimum absolute atomic E-state index is 0.0366. The summed E-state index contributed by atoms with van der Waals surface area (Å²) < 4.78 is 73.4. The predicted octanol–water partition coefficient (Wildman–Crippen LogP) is 5.01. The quantitative estimate of drug-likeness (QED) is 0.620. The lowest BCUT2D eigenvalue weighted by Gasteiger charge is -2.13. The number of halogens is 6. The van der Waals surface area contributed by atoms with Gasteiger partial charge in [0.15, 0.2) is 0 Å². The summed E-state index contributed by atoms with van der Waals surface area (Å²) in [5.41, 5.74) is -2.25. The number of benzene rings is 1. The number of nitrogens with one attached hydrogen (secondary N) is 1. The van der Waals surface area contributed by atoms with Crippen LogP contribution < -0.4 is 0 Å². The van der Waals surface area contributed by atoms with Crippen molar-refractivity contribution in [3.05, 3.63) is 57.9 Å². The lowest BCUT2D eigenvalue weighted by Crippen LogP contribution is -2.15. The van der Waals surface area contributed by atoms with Gasteiger partial charge in [0, 0.05) is 6.20 Å². The molecule has 1 aromatic carbocycles. The zero-order valence-corrected chi connectivity index (χ0v) is 14.5. The Morgan fingerprint density at radius 1 is 1.00 bits per heavy atom. The Morgan fingerprint density at radius 3 is 1.89 bits per heavy atom. The standard InChI is InChI=1S/C9H4F6O2.C8H11NO2/c10-8(11,12)4-1-2-6(9(13,14)15)5(3-4)7(16)17;1-3-6-4-9-7(5(6)2)8(10)11/h1-3H,(H,16,17);4,9H,3H2,1-2H3,(H,10,11). The van der Waals surface area contributed by atoms with Crippen LogP contribution in [0.2, 0.25) is 0 Å². The predicted molar refractivity (Wildman–Crippen MR) is 85.3 cm³/mol. The summed E-state index contributed by atoms with van der Waals surface area (Å²) in [6, 6.07) is 0.257. The Kier molecular flexibility index (Phi) is 6.89. The molecule has 0 aliphatic carbocycles. The van der Waals surface area contributed by atoms with E-state index in [4.69, 9.17) is 10.2 Å². The number of hydrogen-bond donors (Lipinski definition) is 3. The SMILES string of the molecule is CCc1c[nH]c(C(=O)O)c1C.O=C(O)c1cc(C(F)(F)F)ccc1C(F)(F)F. The van der Waals surface area contributed by atoms with Crippen molar-refractivity contribution in [2.75, 3.05) is 0 Å². The van der Waals surface area contributed by atoms with E-state index in [1.165, 1.54) is 0 Å². The first kappa shape index (κ1) is 23.1. The molecule has 1 aromatic heterocycles. The Labute approximate surface area is 154 Å². The van der Waals surface area contributed by atoms with Crippen LogP contribution >= 0.6 is 0 Å². The highest BCUT2D eigenvalue weighted by Crippen LogP contribution is 2.36. The fourth-order valence-corrected chi connectivity index (χ4v) is 2.27. The van der Waals surface area contributed by atoms with E-state index < -0.39 is 41.0 Å². The monoisotopic (exact) mass is 411 g/mol. The van der Waals surface area contributed by atoms with E-state index >= 15 is 0 Å². The second-order valence-electron chi connectivity index (χ2n) is 5.53. The van der Waals surface area contributed by atoms with Crippen LogP contribution in [0.25, 0.3) is 0 Å². The van der Waals surface area contributed by atoms with Crippen molar-refractivity contribution in [3.63, 3.8) is 0 Å². The normalized spacial score (nSPS) is 11.6. The molecule has 154 valence electrons. The highest BCUT2D eigenvalue weighted by atomic mass is 19.4. The third-order valence-electron chi connectivity index (χ3n) is 3.72. The lowest BCUT2D eigenvalue weighted by atomic mass is 10.0. The van der Waals surface area contributed by atoms with Gasteiger partial charge in [-0.2, -0.15) is 26.3 Å². The van der Waals surface area contributed by atoms with E-state index in [-0.39, 0.29) is 18.2 Å². The summed E-state index contributed by atoms with van der Waals surface area (Å²) in [6.07, 6.45) is -7.29. The number of alkyl halides is 6. The molecular weight excluding hydrogens is 396 g/mol. The van der Waals surface area contributed by atoms with E-state index in [0.29, 0.717) is 5.69 Å². The van der Waals surface area contributed by atoms with Crippen molar-refractivity contribution in [1.82, 2.24) is 4.98 Å². The summed E-state index contributed by atoms with van der Waals surface area (Å²) in [6.45, 7) is 3.82. The van der Waals surface area contributed by atoms with Gasteiger partial charge in [-0.05, 0) is 42.7 Å². The van der Waals surface area contributed by atoms with E-state index in [0.717, 1.165) is 17.5 Å². The topological polar surface area (TPSA) is 90.4 Å². The summed E-state index contributed by atoms with van der Waals surface area (Å²) in [7, 11) is 0. The third-order valence-corrected chi connectivity index (χ3v) is 3.72. The van der Waals surface area contributed by atoms with E-state index in [9.17, 15) is 35.9 Å². The Balaban J connectivity index is 0.000000307. The van der Waals surface area contributed by atoms with Gasteiger partial charge in [0.2, 0.25) is 0 Å². The average Bonchev–Trinajstić information content (AvgIpc) is 2.94. The highest BCUT2D eigenvalue weighted by Gasteiger charge is 2.38. The van der Waals surface area contributed by atoms with Crippen LogP contribution in [-0.2, 0) is 18.8 Å². The first-order valence-electron chi connectivity index (χ1n) is 7.62. The van der Waals surface area contributed by atoms with E-state index in [1.807, 2.05) is 13.8 Å². The first-order valence-corrected chi connectivity index (χ1v) is 7.62. The minimum atomic E-state index is -5.02. The molecule has 0 saturated heterocycles. The number of aromatic nitrogens is 1. The van der Waals surface area contributed by atoms with E-state index in [2.05, 4.69) is 4.98 Å². The van der Waals surface area contributed by atoms with Crippen molar-refractivity contribution in [2.45, 2.75) is 32.6 Å². The maximum absolute atomic E-state index is 12.3. The van der Waals surface area contributed by atoms with Crippen molar-refractivity contribution < 1.29 is 46.1 Å².